The van der Waals surface area contributed by atoms with Crippen LogP contribution >= 0.6 is 0 Å². The fraction of sp³-hybridized carbons (Fsp3) is 0.333. The van der Waals surface area contributed by atoms with Crippen molar-refractivity contribution in [2.75, 3.05) is 7.11 Å². The lowest BCUT2D eigenvalue weighted by molar-refractivity contribution is -0.299. The molecule has 0 saturated heterocycles. The first-order valence-corrected chi connectivity index (χ1v) is 2.54. The molecule has 0 aliphatic rings. The molecule has 4 nitrogen and oxygen atoms in total. The number of hydrogen-bond donors (Lipinski definition) is 0. The van der Waals surface area contributed by atoms with Gasteiger partial charge in [-0.1, -0.05) is 6.58 Å². The molecule has 0 amide bonds. The van der Waals surface area contributed by atoms with Crippen molar-refractivity contribution in [1.29, 1.82) is 0 Å². The Hall–Kier alpha value is -1.32. The van der Waals surface area contributed by atoms with Crippen LogP contribution in [0.2, 0.25) is 0 Å². The summed E-state index contributed by atoms with van der Waals surface area (Å²) in [6, 6.07) is 0. The molecule has 4 heteroatoms. The Morgan fingerprint density at radius 2 is 2.10 bits per heavy atom. The SMILES string of the molecule is C=C(CC(=O)OC)C(=O)[O-]. The fourth-order valence-electron chi connectivity index (χ4n) is 0.319. The lowest BCUT2D eigenvalue weighted by atomic mass is 10.2. The molecule has 0 aromatic carbocycles. The minimum absolute atomic E-state index is 0.271. The van der Waals surface area contributed by atoms with Crippen molar-refractivity contribution < 1.29 is 19.4 Å². The minimum atomic E-state index is -1.43. The standard InChI is InChI=1S/C6H8O4/c1-4(6(8)9)3-5(7)10-2/h1,3H2,2H3,(H,8,9)/p-1. The number of carboxylic acid groups (broad SMARTS) is 1. The van der Waals surface area contributed by atoms with E-state index < -0.39 is 11.9 Å². The van der Waals surface area contributed by atoms with Crippen molar-refractivity contribution in [3.05, 3.63) is 12.2 Å². The number of carbonyl (C=O) groups excluding carboxylic acids is 2. The number of rotatable bonds is 3. The molecule has 0 spiro atoms. The third-order valence-electron chi connectivity index (χ3n) is 0.874. The predicted molar refractivity (Wildman–Crippen MR) is 30.8 cm³/mol. The van der Waals surface area contributed by atoms with E-state index in [9.17, 15) is 14.7 Å². The average Bonchev–Trinajstić information content (AvgIpc) is 1.87. The van der Waals surface area contributed by atoms with E-state index in [2.05, 4.69) is 11.3 Å². The van der Waals surface area contributed by atoms with E-state index in [-0.39, 0.29) is 12.0 Å². The minimum Gasteiger partial charge on any atom is -0.545 e. The van der Waals surface area contributed by atoms with Crippen molar-refractivity contribution in [3.63, 3.8) is 0 Å². The van der Waals surface area contributed by atoms with Crippen molar-refractivity contribution in [2.45, 2.75) is 6.42 Å². The number of carbonyl (C=O) groups is 2. The van der Waals surface area contributed by atoms with Crippen LogP contribution in [0.25, 0.3) is 0 Å². The van der Waals surface area contributed by atoms with Crippen LogP contribution in [0, 0.1) is 0 Å². The number of aliphatic carboxylic acids is 1. The summed E-state index contributed by atoms with van der Waals surface area (Å²) in [4.78, 5) is 20.3. The second kappa shape index (κ2) is 3.66. The highest BCUT2D eigenvalue weighted by Gasteiger charge is 2.02. The molecule has 0 saturated carbocycles. The molecule has 0 aliphatic carbocycles. The average molecular weight is 143 g/mol. The van der Waals surface area contributed by atoms with Crippen molar-refractivity contribution >= 4 is 11.9 Å². The lowest BCUT2D eigenvalue weighted by Gasteiger charge is -2.03. The highest BCUT2D eigenvalue weighted by molar-refractivity contribution is 5.90. The van der Waals surface area contributed by atoms with Gasteiger partial charge in [-0.15, -0.1) is 0 Å². The van der Waals surface area contributed by atoms with E-state index in [4.69, 9.17) is 0 Å². The van der Waals surface area contributed by atoms with Gasteiger partial charge in [-0.05, 0) is 5.57 Å². The largest absolute Gasteiger partial charge is 0.545 e. The van der Waals surface area contributed by atoms with Gasteiger partial charge in [0, 0.05) is 0 Å². The molecular weight excluding hydrogens is 136 g/mol. The Morgan fingerprint density at radius 3 is 2.40 bits per heavy atom. The van der Waals surface area contributed by atoms with Gasteiger partial charge in [0.15, 0.2) is 0 Å². The zero-order valence-corrected chi connectivity index (χ0v) is 5.55. The highest BCUT2D eigenvalue weighted by Crippen LogP contribution is 1.96. The van der Waals surface area contributed by atoms with E-state index in [0.717, 1.165) is 0 Å². The Kier molecular flexibility index (Phi) is 3.17. The first-order chi connectivity index (χ1) is 4.57. The van der Waals surface area contributed by atoms with Gasteiger partial charge in [-0.3, -0.25) is 4.79 Å². The van der Waals surface area contributed by atoms with Crippen LogP contribution in [-0.4, -0.2) is 19.0 Å². The van der Waals surface area contributed by atoms with Gasteiger partial charge in [0.1, 0.15) is 0 Å². The molecule has 0 aliphatic heterocycles. The summed E-state index contributed by atoms with van der Waals surface area (Å²) in [7, 11) is 1.17. The number of methoxy groups -OCH3 is 1. The molecule has 0 bridgehead atoms. The van der Waals surface area contributed by atoms with E-state index in [1.165, 1.54) is 7.11 Å². The first kappa shape index (κ1) is 8.68. The maximum absolute atomic E-state index is 10.4. The summed E-state index contributed by atoms with van der Waals surface area (Å²) in [5.41, 5.74) is -0.271. The summed E-state index contributed by atoms with van der Waals surface area (Å²) in [6.45, 7) is 3.08. The molecule has 0 radical (unpaired) electrons. The van der Waals surface area contributed by atoms with Gasteiger partial charge in [0.25, 0.3) is 0 Å². The second-order valence-corrected chi connectivity index (χ2v) is 1.64. The van der Waals surface area contributed by atoms with Gasteiger partial charge in [-0.25, -0.2) is 0 Å². The summed E-state index contributed by atoms with van der Waals surface area (Å²) >= 11 is 0. The smallest absolute Gasteiger partial charge is 0.310 e. The molecule has 0 aromatic rings. The monoisotopic (exact) mass is 143 g/mol. The Balaban J connectivity index is 3.80. The third kappa shape index (κ3) is 2.86. The number of hydrogen-bond acceptors (Lipinski definition) is 4. The summed E-state index contributed by atoms with van der Waals surface area (Å²) in [5.74, 6) is -2.06. The van der Waals surface area contributed by atoms with Gasteiger partial charge < -0.3 is 14.6 Å². The number of carboxylic acids is 1. The predicted octanol–water partition coefficient (Wildman–Crippen LogP) is -1.14. The zero-order chi connectivity index (χ0) is 8.15. The molecule has 0 aromatic heterocycles. The fourth-order valence-corrected chi connectivity index (χ4v) is 0.319. The molecule has 0 atom stereocenters. The topological polar surface area (TPSA) is 66.4 Å². The van der Waals surface area contributed by atoms with Crippen molar-refractivity contribution in [2.24, 2.45) is 0 Å². The maximum Gasteiger partial charge on any atom is 0.310 e. The molecule has 10 heavy (non-hydrogen) atoms. The molecule has 0 unspecified atom stereocenters. The van der Waals surface area contributed by atoms with Crippen LogP contribution < -0.4 is 5.11 Å². The Labute approximate surface area is 58.1 Å². The van der Waals surface area contributed by atoms with Crippen LogP contribution in [0.3, 0.4) is 0 Å². The summed E-state index contributed by atoms with van der Waals surface area (Å²) < 4.78 is 4.18. The second-order valence-electron chi connectivity index (χ2n) is 1.64. The lowest BCUT2D eigenvalue weighted by Crippen LogP contribution is -2.25. The van der Waals surface area contributed by atoms with Crippen LogP contribution in [-0.2, 0) is 14.3 Å². The van der Waals surface area contributed by atoms with Gasteiger partial charge >= 0.3 is 5.97 Å². The highest BCUT2D eigenvalue weighted by atomic mass is 16.5. The molecular formula is C6H7O4-. The van der Waals surface area contributed by atoms with Gasteiger partial charge in [0.05, 0.1) is 19.5 Å². The molecule has 0 fully saturated rings. The zero-order valence-electron chi connectivity index (χ0n) is 5.55. The molecule has 0 heterocycles. The number of esters is 1. The third-order valence-corrected chi connectivity index (χ3v) is 0.874. The van der Waals surface area contributed by atoms with Crippen LogP contribution in [0.15, 0.2) is 12.2 Å². The van der Waals surface area contributed by atoms with Gasteiger partial charge in [-0.2, -0.15) is 0 Å². The Morgan fingerprint density at radius 1 is 1.60 bits per heavy atom. The van der Waals surface area contributed by atoms with E-state index in [0.29, 0.717) is 0 Å². The summed E-state index contributed by atoms with van der Waals surface area (Å²) in [6.07, 6.45) is -0.321. The van der Waals surface area contributed by atoms with Crippen molar-refractivity contribution in [3.8, 4) is 0 Å². The normalized spacial score (nSPS) is 8.50. The molecule has 56 valence electrons. The van der Waals surface area contributed by atoms with Crippen molar-refractivity contribution in [1.82, 2.24) is 0 Å². The first-order valence-electron chi connectivity index (χ1n) is 2.54. The van der Waals surface area contributed by atoms with E-state index in [1.54, 1.807) is 0 Å². The van der Waals surface area contributed by atoms with Crippen LogP contribution in [0.4, 0.5) is 0 Å². The number of ether oxygens (including phenoxy) is 1. The van der Waals surface area contributed by atoms with Crippen LogP contribution in [0.5, 0.6) is 0 Å². The molecule has 0 rings (SSSR count). The van der Waals surface area contributed by atoms with E-state index >= 15 is 0 Å². The van der Waals surface area contributed by atoms with Crippen LogP contribution in [0.1, 0.15) is 6.42 Å². The quantitative estimate of drug-likeness (QED) is 0.370. The Bertz CT molecular complexity index is 171. The maximum atomic E-state index is 10.4. The molecule has 0 N–H and O–H groups in total. The van der Waals surface area contributed by atoms with Gasteiger partial charge in [0.2, 0.25) is 0 Å². The van der Waals surface area contributed by atoms with E-state index in [1.807, 2.05) is 0 Å². The summed E-state index contributed by atoms with van der Waals surface area (Å²) in [5, 5.41) is 9.93.